The van der Waals surface area contributed by atoms with Crippen molar-refractivity contribution in [1.82, 2.24) is 0 Å². The molecule has 0 aliphatic heterocycles. The molecule has 0 heterocycles. The van der Waals surface area contributed by atoms with Gasteiger partial charge in [-0.2, -0.15) is 0 Å². The van der Waals surface area contributed by atoms with Crippen LogP contribution >= 0.6 is 23.2 Å². The van der Waals surface area contributed by atoms with E-state index in [2.05, 4.69) is 0 Å². The third kappa shape index (κ3) is 3.26. The van der Waals surface area contributed by atoms with Gasteiger partial charge in [-0.25, -0.2) is 0 Å². The predicted molar refractivity (Wildman–Crippen MR) is 76.2 cm³/mol. The molecule has 1 nitrogen and oxygen atoms in total. The SMILES string of the molecule is CC(O)(Cc1cccc(Cl)c1)c1ccc(Cl)cc1. The molecule has 0 bridgehead atoms. The Morgan fingerprint density at radius 2 is 1.67 bits per heavy atom. The molecule has 1 unspecified atom stereocenters. The Bertz CT molecular complexity index is 532. The van der Waals surface area contributed by atoms with Crippen LogP contribution < -0.4 is 0 Å². The summed E-state index contributed by atoms with van der Waals surface area (Å²) in [6, 6.07) is 14.8. The van der Waals surface area contributed by atoms with Crippen LogP contribution in [-0.2, 0) is 12.0 Å². The highest BCUT2D eigenvalue weighted by Gasteiger charge is 2.23. The molecule has 0 fully saturated rings. The van der Waals surface area contributed by atoms with Gasteiger partial charge in [0, 0.05) is 16.5 Å². The van der Waals surface area contributed by atoms with Crippen LogP contribution in [-0.4, -0.2) is 5.11 Å². The third-order valence-corrected chi connectivity index (χ3v) is 3.39. The predicted octanol–water partition coefficient (Wildman–Crippen LogP) is 4.44. The van der Waals surface area contributed by atoms with E-state index in [4.69, 9.17) is 23.2 Å². The largest absolute Gasteiger partial charge is 0.385 e. The van der Waals surface area contributed by atoms with Crippen LogP contribution in [0.5, 0.6) is 0 Å². The lowest BCUT2D eigenvalue weighted by molar-refractivity contribution is 0.0576. The highest BCUT2D eigenvalue weighted by molar-refractivity contribution is 6.30. The van der Waals surface area contributed by atoms with Gasteiger partial charge in [0.05, 0.1) is 5.60 Å². The molecule has 2 aromatic rings. The topological polar surface area (TPSA) is 20.2 Å². The fourth-order valence-electron chi connectivity index (χ4n) is 1.96. The summed E-state index contributed by atoms with van der Waals surface area (Å²) in [5.41, 5.74) is 0.907. The van der Waals surface area contributed by atoms with Crippen LogP contribution in [0.25, 0.3) is 0 Å². The van der Waals surface area contributed by atoms with Crippen molar-refractivity contribution in [3.63, 3.8) is 0 Å². The fraction of sp³-hybridized carbons (Fsp3) is 0.200. The number of aliphatic hydroxyl groups is 1. The minimum absolute atomic E-state index is 0.509. The van der Waals surface area contributed by atoms with Gasteiger partial charge in [-0.15, -0.1) is 0 Å². The number of halogens is 2. The van der Waals surface area contributed by atoms with Crippen molar-refractivity contribution in [2.75, 3.05) is 0 Å². The van der Waals surface area contributed by atoms with Crippen molar-refractivity contribution < 1.29 is 5.11 Å². The Kier molecular flexibility index (Phi) is 3.96. The van der Waals surface area contributed by atoms with Crippen LogP contribution in [0.4, 0.5) is 0 Å². The molecule has 0 aliphatic rings. The monoisotopic (exact) mass is 280 g/mol. The van der Waals surface area contributed by atoms with Crippen molar-refractivity contribution in [2.24, 2.45) is 0 Å². The molecular weight excluding hydrogens is 267 g/mol. The van der Waals surface area contributed by atoms with Gasteiger partial charge in [0.1, 0.15) is 0 Å². The molecule has 0 saturated heterocycles. The van der Waals surface area contributed by atoms with Crippen molar-refractivity contribution in [1.29, 1.82) is 0 Å². The standard InChI is InChI=1S/C15H14Cl2O/c1-15(18,12-5-7-13(16)8-6-12)10-11-3-2-4-14(17)9-11/h2-9,18H,10H2,1H3. The average molecular weight is 281 g/mol. The van der Waals surface area contributed by atoms with E-state index in [1.165, 1.54) is 0 Å². The smallest absolute Gasteiger partial charge is 0.0908 e. The van der Waals surface area contributed by atoms with Gasteiger partial charge in [0.2, 0.25) is 0 Å². The first-order chi connectivity index (χ1) is 8.47. The first-order valence-corrected chi connectivity index (χ1v) is 6.46. The van der Waals surface area contributed by atoms with Crippen molar-refractivity contribution in [3.05, 3.63) is 69.7 Å². The second-order valence-electron chi connectivity index (χ2n) is 4.59. The van der Waals surface area contributed by atoms with E-state index in [1.54, 1.807) is 19.1 Å². The number of rotatable bonds is 3. The van der Waals surface area contributed by atoms with E-state index < -0.39 is 5.60 Å². The van der Waals surface area contributed by atoms with Crippen LogP contribution in [0.2, 0.25) is 10.0 Å². The molecular formula is C15H14Cl2O. The van der Waals surface area contributed by atoms with E-state index >= 15 is 0 Å². The molecule has 94 valence electrons. The molecule has 2 rings (SSSR count). The zero-order chi connectivity index (χ0) is 13.2. The molecule has 0 saturated carbocycles. The van der Waals surface area contributed by atoms with E-state index in [-0.39, 0.29) is 0 Å². The van der Waals surface area contributed by atoms with Gasteiger partial charge in [-0.1, -0.05) is 47.5 Å². The lowest BCUT2D eigenvalue weighted by Gasteiger charge is -2.24. The summed E-state index contributed by atoms with van der Waals surface area (Å²) >= 11 is 11.8. The molecule has 0 amide bonds. The van der Waals surface area contributed by atoms with E-state index in [0.717, 1.165) is 11.1 Å². The number of hydrogen-bond acceptors (Lipinski definition) is 1. The van der Waals surface area contributed by atoms with Gasteiger partial charge >= 0.3 is 0 Å². The summed E-state index contributed by atoms with van der Waals surface area (Å²) in [4.78, 5) is 0. The summed E-state index contributed by atoms with van der Waals surface area (Å²) < 4.78 is 0. The molecule has 0 aliphatic carbocycles. The van der Waals surface area contributed by atoms with Gasteiger partial charge < -0.3 is 5.11 Å². The summed E-state index contributed by atoms with van der Waals surface area (Å²) in [6.45, 7) is 1.79. The van der Waals surface area contributed by atoms with E-state index in [1.807, 2.05) is 36.4 Å². The van der Waals surface area contributed by atoms with Gasteiger partial charge in [0.15, 0.2) is 0 Å². The van der Waals surface area contributed by atoms with Crippen molar-refractivity contribution in [2.45, 2.75) is 18.9 Å². The maximum Gasteiger partial charge on any atom is 0.0908 e. The Labute approximate surface area is 117 Å². The zero-order valence-corrected chi connectivity index (χ0v) is 11.5. The van der Waals surface area contributed by atoms with Gasteiger partial charge in [0.25, 0.3) is 0 Å². The highest BCUT2D eigenvalue weighted by atomic mass is 35.5. The second-order valence-corrected chi connectivity index (χ2v) is 5.46. The summed E-state index contributed by atoms with van der Waals surface area (Å²) in [5.74, 6) is 0. The summed E-state index contributed by atoms with van der Waals surface area (Å²) in [5, 5.41) is 11.9. The average Bonchev–Trinajstić information content (AvgIpc) is 2.29. The maximum atomic E-state index is 10.5. The van der Waals surface area contributed by atoms with Crippen LogP contribution in [0.15, 0.2) is 48.5 Å². The molecule has 0 spiro atoms. The minimum atomic E-state index is -0.935. The van der Waals surface area contributed by atoms with Gasteiger partial charge in [-0.05, 0) is 42.3 Å². The Morgan fingerprint density at radius 3 is 2.28 bits per heavy atom. The Morgan fingerprint density at radius 1 is 1.00 bits per heavy atom. The molecule has 0 radical (unpaired) electrons. The van der Waals surface area contributed by atoms with Crippen molar-refractivity contribution in [3.8, 4) is 0 Å². The van der Waals surface area contributed by atoms with Crippen LogP contribution in [0, 0.1) is 0 Å². The highest BCUT2D eigenvalue weighted by Crippen LogP contribution is 2.27. The Hall–Kier alpha value is -1.02. The maximum absolute atomic E-state index is 10.5. The number of benzene rings is 2. The van der Waals surface area contributed by atoms with E-state index in [0.29, 0.717) is 16.5 Å². The lowest BCUT2D eigenvalue weighted by atomic mass is 9.89. The molecule has 3 heteroatoms. The van der Waals surface area contributed by atoms with Crippen LogP contribution in [0.1, 0.15) is 18.1 Å². The first-order valence-electron chi connectivity index (χ1n) is 5.70. The summed E-state index contributed by atoms with van der Waals surface area (Å²) in [7, 11) is 0. The second kappa shape index (κ2) is 5.31. The fourth-order valence-corrected chi connectivity index (χ4v) is 2.29. The molecule has 18 heavy (non-hydrogen) atoms. The third-order valence-electron chi connectivity index (χ3n) is 2.90. The first kappa shape index (κ1) is 13.4. The Balaban J connectivity index is 2.23. The molecule has 1 atom stereocenters. The van der Waals surface area contributed by atoms with Crippen LogP contribution in [0.3, 0.4) is 0 Å². The zero-order valence-electron chi connectivity index (χ0n) is 10.0. The number of hydrogen-bond donors (Lipinski definition) is 1. The van der Waals surface area contributed by atoms with E-state index in [9.17, 15) is 5.11 Å². The lowest BCUT2D eigenvalue weighted by Crippen LogP contribution is -2.24. The molecule has 0 aromatic heterocycles. The van der Waals surface area contributed by atoms with Gasteiger partial charge in [-0.3, -0.25) is 0 Å². The molecule has 1 N–H and O–H groups in total. The minimum Gasteiger partial charge on any atom is -0.385 e. The summed E-state index contributed by atoms with van der Waals surface area (Å²) in [6.07, 6.45) is 0.509. The normalized spacial score (nSPS) is 14.2. The molecule has 2 aromatic carbocycles. The van der Waals surface area contributed by atoms with Crippen molar-refractivity contribution >= 4 is 23.2 Å². The quantitative estimate of drug-likeness (QED) is 0.881.